The molecule has 10 nitrogen and oxygen atoms in total. The standard InChI is InChI=1S/C32H34Cl2FN7O3/c1-45-32-20(17-37-18-21-6-8-26(44)40-21)5-7-24(42-32)22-11-14-38-30(28(22)34)23-3-2-4-25(27(23)33)41-31-29(35)19(10-13-39-31)9-12-36-15-16-43/h2-5,7,10-11,13-14,21,36-37,43H,6,8-9,12,15-18H2,1H3,(H,39,41)(H,40,44)/t21-/m1/s1. The first kappa shape index (κ1) is 32.5. The molecule has 0 saturated carbocycles. The largest absolute Gasteiger partial charge is 0.481 e. The van der Waals surface area contributed by atoms with Crippen molar-refractivity contribution in [1.29, 1.82) is 0 Å². The Balaban J connectivity index is 1.35. The lowest BCUT2D eigenvalue weighted by atomic mass is 10.1. The number of amides is 1. The summed E-state index contributed by atoms with van der Waals surface area (Å²) < 4.78 is 20.8. The Bertz CT molecular complexity index is 1660. The number of hydrogen-bond acceptors (Lipinski definition) is 9. The topological polar surface area (TPSA) is 133 Å². The Kier molecular flexibility index (Phi) is 11.1. The van der Waals surface area contributed by atoms with Gasteiger partial charge in [-0.05, 0) is 49.2 Å². The molecule has 4 heterocycles. The van der Waals surface area contributed by atoms with E-state index in [9.17, 15) is 4.79 Å². The number of rotatable bonds is 14. The smallest absolute Gasteiger partial charge is 0.220 e. The average molecular weight is 655 g/mol. The monoisotopic (exact) mass is 653 g/mol. The average Bonchev–Trinajstić information content (AvgIpc) is 3.47. The van der Waals surface area contributed by atoms with E-state index in [2.05, 4.69) is 31.2 Å². The number of aliphatic hydroxyl groups is 1. The van der Waals surface area contributed by atoms with E-state index >= 15 is 4.39 Å². The first-order valence-corrected chi connectivity index (χ1v) is 15.3. The zero-order valence-electron chi connectivity index (χ0n) is 24.7. The molecule has 1 aliphatic rings. The Morgan fingerprint density at radius 1 is 1.02 bits per heavy atom. The van der Waals surface area contributed by atoms with Gasteiger partial charge in [-0.15, -0.1) is 0 Å². The van der Waals surface area contributed by atoms with Crippen molar-refractivity contribution in [1.82, 2.24) is 30.9 Å². The Labute approximate surface area is 270 Å². The van der Waals surface area contributed by atoms with Crippen LogP contribution >= 0.6 is 23.2 Å². The number of hydrogen-bond donors (Lipinski definition) is 5. The van der Waals surface area contributed by atoms with Gasteiger partial charge in [0.2, 0.25) is 11.8 Å². The molecule has 0 radical (unpaired) electrons. The van der Waals surface area contributed by atoms with Crippen LogP contribution in [0.5, 0.6) is 5.88 Å². The van der Waals surface area contributed by atoms with E-state index in [4.69, 9.17) is 38.0 Å². The molecule has 5 rings (SSSR count). The van der Waals surface area contributed by atoms with Gasteiger partial charge in [0.25, 0.3) is 0 Å². The summed E-state index contributed by atoms with van der Waals surface area (Å²) >= 11 is 13.8. The van der Waals surface area contributed by atoms with Crippen LogP contribution in [-0.2, 0) is 17.8 Å². The number of carbonyl (C=O) groups is 1. The highest BCUT2D eigenvalue weighted by atomic mass is 35.5. The second-order valence-electron chi connectivity index (χ2n) is 10.5. The quantitative estimate of drug-likeness (QED) is 0.121. The molecular formula is C32H34Cl2FN7O3. The number of methoxy groups -OCH3 is 1. The van der Waals surface area contributed by atoms with Gasteiger partial charge in [-0.1, -0.05) is 41.4 Å². The van der Waals surface area contributed by atoms with Crippen LogP contribution in [0.15, 0.2) is 54.9 Å². The summed E-state index contributed by atoms with van der Waals surface area (Å²) in [5.74, 6) is 0.0985. The zero-order chi connectivity index (χ0) is 31.8. The van der Waals surface area contributed by atoms with E-state index in [1.807, 2.05) is 12.1 Å². The Hall–Kier alpha value is -3.87. The molecule has 5 N–H and O–H groups in total. The molecule has 0 unspecified atom stereocenters. The fourth-order valence-corrected chi connectivity index (χ4v) is 5.67. The summed E-state index contributed by atoms with van der Waals surface area (Å²) in [6.45, 7) is 2.14. The third kappa shape index (κ3) is 7.86. The van der Waals surface area contributed by atoms with Gasteiger partial charge in [0.1, 0.15) is 0 Å². The maximum absolute atomic E-state index is 15.3. The van der Waals surface area contributed by atoms with Crippen LogP contribution < -0.4 is 26.0 Å². The highest BCUT2D eigenvalue weighted by Gasteiger charge is 2.21. The van der Waals surface area contributed by atoms with E-state index in [-0.39, 0.29) is 24.4 Å². The number of aliphatic hydroxyl groups excluding tert-OH is 1. The minimum atomic E-state index is -0.480. The molecule has 3 aromatic heterocycles. The molecule has 1 amide bonds. The van der Waals surface area contributed by atoms with E-state index in [1.54, 1.807) is 43.6 Å². The lowest BCUT2D eigenvalue weighted by molar-refractivity contribution is -0.119. The van der Waals surface area contributed by atoms with Crippen molar-refractivity contribution < 1.29 is 19.0 Å². The summed E-state index contributed by atoms with van der Waals surface area (Å²) in [6, 6.07) is 12.6. The molecule has 236 valence electrons. The maximum Gasteiger partial charge on any atom is 0.220 e. The zero-order valence-corrected chi connectivity index (χ0v) is 26.2. The number of nitrogens with zero attached hydrogens (tertiary/aromatic N) is 3. The number of ether oxygens (including phenoxy) is 1. The molecule has 45 heavy (non-hydrogen) atoms. The van der Waals surface area contributed by atoms with Crippen molar-refractivity contribution in [2.75, 3.05) is 38.7 Å². The molecule has 1 aliphatic heterocycles. The third-order valence-electron chi connectivity index (χ3n) is 7.42. The van der Waals surface area contributed by atoms with Gasteiger partial charge in [0.05, 0.1) is 40.8 Å². The van der Waals surface area contributed by atoms with Crippen molar-refractivity contribution in [3.05, 3.63) is 81.8 Å². The van der Waals surface area contributed by atoms with Gasteiger partial charge in [-0.2, -0.15) is 0 Å². The number of anilines is 2. The Morgan fingerprint density at radius 2 is 1.87 bits per heavy atom. The third-order valence-corrected chi connectivity index (χ3v) is 8.21. The number of carbonyl (C=O) groups excluding carboxylic acids is 1. The van der Waals surface area contributed by atoms with E-state index in [0.717, 1.165) is 12.0 Å². The molecule has 0 bridgehead atoms. The lowest BCUT2D eigenvalue weighted by Gasteiger charge is -2.16. The normalized spacial score (nSPS) is 14.4. The lowest BCUT2D eigenvalue weighted by Crippen LogP contribution is -2.35. The molecular weight excluding hydrogens is 620 g/mol. The highest BCUT2D eigenvalue weighted by Crippen LogP contribution is 2.40. The van der Waals surface area contributed by atoms with E-state index < -0.39 is 5.82 Å². The summed E-state index contributed by atoms with van der Waals surface area (Å²) in [5.41, 5.74) is 3.99. The van der Waals surface area contributed by atoms with Gasteiger partial charge >= 0.3 is 0 Å². The second kappa shape index (κ2) is 15.4. The maximum atomic E-state index is 15.3. The van der Waals surface area contributed by atoms with Gasteiger partial charge in [0.15, 0.2) is 11.6 Å². The van der Waals surface area contributed by atoms with Crippen molar-refractivity contribution >= 4 is 40.6 Å². The molecule has 1 aromatic carbocycles. The molecule has 0 spiro atoms. The molecule has 1 saturated heterocycles. The van der Waals surface area contributed by atoms with Crippen LogP contribution in [0.4, 0.5) is 15.9 Å². The van der Waals surface area contributed by atoms with Crippen LogP contribution in [-0.4, -0.2) is 65.4 Å². The van der Waals surface area contributed by atoms with Gasteiger partial charge in [0, 0.05) is 61.2 Å². The predicted octanol–water partition coefficient (Wildman–Crippen LogP) is 4.90. The molecule has 0 aliphatic carbocycles. The second-order valence-corrected chi connectivity index (χ2v) is 11.2. The summed E-state index contributed by atoms with van der Waals surface area (Å²) in [6.07, 6.45) is 4.96. The minimum absolute atomic E-state index is 0.0149. The summed E-state index contributed by atoms with van der Waals surface area (Å²) in [7, 11) is 1.56. The molecule has 1 atom stereocenters. The van der Waals surface area contributed by atoms with Crippen LogP contribution in [0.1, 0.15) is 24.0 Å². The van der Waals surface area contributed by atoms with E-state index in [0.29, 0.717) is 88.7 Å². The number of pyridine rings is 3. The van der Waals surface area contributed by atoms with Crippen LogP contribution in [0.3, 0.4) is 0 Å². The van der Waals surface area contributed by atoms with E-state index in [1.165, 1.54) is 6.20 Å². The molecule has 1 fully saturated rings. The van der Waals surface area contributed by atoms with Crippen LogP contribution in [0.25, 0.3) is 22.5 Å². The van der Waals surface area contributed by atoms with Crippen molar-refractivity contribution in [3.8, 4) is 28.4 Å². The minimum Gasteiger partial charge on any atom is -0.481 e. The molecule has 13 heteroatoms. The fourth-order valence-electron chi connectivity index (χ4n) is 5.10. The van der Waals surface area contributed by atoms with Crippen molar-refractivity contribution in [2.45, 2.75) is 31.8 Å². The highest BCUT2D eigenvalue weighted by molar-refractivity contribution is 6.39. The summed E-state index contributed by atoms with van der Waals surface area (Å²) in [5, 5.41) is 21.9. The van der Waals surface area contributed by atoms with Crippen LogP contribution in [0, 0.1) is 5.82 Å². The molecule has 4 aromatic rings. The number of halogens is 3. The van der Waals surface area contributed by atoms with Crippen molar-refractivity contribution in [3.63, 3.8) is 0 Å². The van der Waals surface area contributed by atoms with Gasteiger partial charge in [-0.3, -0.25) is 9.78 Å². The van der Waals surface area contributed by atoms with Gasteiger partial charge in [-0.25, -0.2) is 14.4 Å². The number of benzene rings is 1. The SMILES string of the molecule is COc1nc(-c2ccnc(-c3cccc(Nc4nccc(CCNCCO)c4F)c3Cl)c2Cl)ccc1CNC[C@H]1CCC(=O)N1. The summed E-state index contributed by atoms with van der Waals surface area (Å²) in [4.78, 5) is 24.9. The number of nitrogens with one attached hydrogen (secondary N) is 4. The Morgan fingerprint density at radius 3 is 2.64 bits per heavy atom. The number of aromatic nitrogens is 3. The van der Waals surface area contributed by atoms with Crippen LogP contribution in [0.2, 0.25) is 10.0 Å². The first-order chi connectivity index (χ1) is 21.9. The first-order valence-electron chi connectivity index (χ1n) is 14.6. The fraction of sp³-hybridized carbons (Fsp3) is 0.312. The van der Waals surface area contributed by atoms with Crippen molar-refractivity contribution in [2.24, 2.45) is 0 Å². The van der Waals surface area contributed by atoms with Gasteiger partial charge < -0.3 is 31.1 Å². The predicted molar refractivity (Wildman–Crippen MR) is 173 cm³/mol.